The highest BCUT2D eigenvalue weighted by atomic mass is 16.4. The van der Waals surface area contributed by atoms with Crippen molar-refractivity contribution < 1.29 is 14.7 Å². The first-order valence-corrected chi connectivity index (χ1v) is 5.57. The lowest BCUT2D eigenvalue weighted by atomic mass is 10.1. The van der Waals surface area contributed by atoms with Crippen LogP contribution in [-0.2, 0) is 23.1 Å². The number of nitrogens with one attached hydrogen (secondary N) is 1. The first kappa shape index (κ1) is 14.0. The van der Waals surface area contributed by atoms with Gasteiger partial charge in [0.1, 0.15) is 6.04 Å². The molecule has 0 spiro atoms. The molecule has 2 N–H and O–H groups in total. The fraction of sp³-hybridized carbons (Fsp3) is 0.417. The number of carbonyl (C=O) groups excluding carboxylic acids is 1. The zero-order valence-electron chi connectivity index (χ0n) is 10.7. The van der Waals surface area contributed by atoms with Gasteiger partial charge in [0.15, 0.2) is 0 Å². The van der Waals surface area contributed by atoms with Crippen molar-refractivity contribution in [3.05, 3.63) is 29.9 Å². The number of aromatic nitrogens is 2. The first-order valence-electron chi connectivity index (χ1n) is 5.57. The van der Waals surface area contributed by atoms with Gasteiger partial charge in [-0.05, 0) is 13.8 Å². The number of amides is 1. The predicted octanol–water partition coefficient (Wildman–Crippen LogP) is 0.498. The number of hydrogen-bond donors (Lipinski definition) is 2. The van der Waals surface area contributed by atoms with Gasteiger partial charge in [0.2, 0.25) is 5.91 Å². The topological polar surface area (TPSA) is 84.2 Å². The molecular weight excluding hydrogens is 234 g/mol. The van der Waals surface area contributed by atoms with Crippen LogP contribution in [0.3, 0.4) is 0 Å². The number of aliphatic carboxylic acids is 1. The molecule has 1 rings (SSSR count). The van der Waals surface area contributed by atoms with Gasteiger partial charge in [-0.3, -0.25) is 4.79 Å². The fourth-order valence-electron chi connectivity index (χ4n) is 1.39. The Morgan fingerprint density at radius 2 is 2.28 bits per heavy atom. The Labute approximate surface area is 105 Å². The van der Waals surface area contributed by atoms with Crippen molar-refractivity contribution in [2.24, 2.45) is 7.05 Å². The molecule has 0 radical (unpaired) electrons. The van der Waals surface area contributed by atoms with Crippen LogP contribution in [-0.4, -0.2) is 32.6 Å². The number of nitrogens with zero attached hydrogens (tertiary/aromatic N) is 2. The number of carbonyl (C=O) groups is 2. The van der Waals surface area contributed by atoms with E-state index < -0.39 is 12.0 Å². The van der Waals surface area contributed by atoms with Gasteiger partial charge in [-0.25, -0.2) is 9.78 Å². The van der Waals surface area contributed by atoms with E-state index in [4.69, 9.17) is 5.11 Å². The molecule has 6 nitrogen and oxygen atoms in total. The summed E-state index contributed by atoms with van der Waals surface area (Å²) < 4.78 is 1.73. The van der Waals surface area contributed by atoms with E-state index in [1.54, 1.807) is 44.1 Å². The number of carboxylic acid groups (broad SMARTS) is 1. The molecule has 0 fully saturated rings. The summed E-state index contributed by atoms with van der Waals surface area (Å²) in [5, 5.41) is 11.6. The van der Waals surface area contributed by atoms with Gasteiger partial charge in [-0.1, -0.05) is 6.08 Å². The van der Waals surface area contributed by atoms with Gasteiger partial charge in [0.25, 0.3) is 0 Å². The first-order chi connectivity index (χ1) is 8.45. The Kier molecular flexibility index (Phi) is 4.65. The highest BCUT2D eigenvalue weighted by molar-refractivity contribution is 5.95. The van der Waals surface area contributed by atoms with Crippen molar-refractivity contribution in [3.63, 3.8) is 0 Å². The van der Waals surface area contributed by atoms with Crippen molar-refractivity contribution in [2.45, 2.75) is 26.3 Å². The van der Waals surface area contributed by atoms with E-state index in [0.29, 0.717) is 5.57 Å². The lowest BCUT2D eigenvalue weighted by Crippen LogP contribution is -2.42. The lowest BCUT2D eigenvalue weighted by molar-refractivity contribution is -0.141. The summed E-state index contributed by atoms with van der Waals surface area (Å²) in [6.07, 6.45) is 5.02. The third kappa shape index (κ3) is 3.44. The van der Waals surface area contributed by atoms with Gasteiger partial charge >= 0.3 is 5.97 Å². The minimum atomic E-state index is -1.06. The van der Waals surface area contributed by atoms with Gasteiger partial charge in [0, 0.05) is 30.9 Å². The Hall–Kier alpha value is -2.11. The second-order valence-corrected chi connectivity index (χ2v) is 4.04. The van der Waals surface area contributed by atoms with Crippen LogP contribution in [0.15, 0.2) is 24.2 Å². The standard InChI is InChI=1S/C12H17N3O3/c1-4-8(2)11(16)14-10(12(17)18)5-9-6-13-7-15(9)3/h4,6-7,10H,5H2,1-3H3,(H,14,16)(H,17,18)/b8-4+/t10-/m0/s1. The van der Waals surface area contributed by atoms with Gasteiger partial charge < -0.3 is 15.0 Å². The highest BCUT2D eigenvalue weighted by Crippen LogP contribution is 2.03. The maximum atomic E-state index is 11.6. The largest absolute Gasteiger partial charge is 0.480 e. The van der Waals surface area contributed by atoms with E-state index in [1.165, 1.54) is 0 Å². The van der Waals surface area contributed by atoms with E-state index in [9.17, 15) is 9.59 Å². The number of carboxylic acids is 1. The maximum absolute atomic E-state index is 11.6. The molecule has 1 atom stereocenters. The Balaban J connectivity index is 2.76. The molecule has 0 bridgehead atoms. The van der Waals surface area contributed by atoms with E-state index >= 15 is 0 Å². The second kappa shape index (κ2) is 6.00. The van der Waals surface area contributed by atoms with Crippen molar-refractivity contribution in [1.29, 1.82) is 0 Å². The van der Waals surface area contributed by atoms with Crippen LogP contribution in [0.5, 0.6) is 0 Å². The van der Waals surface area contributed by atoms with Crippen LogP contribution in [0.25, 0.3) is 0 Å². The van der Waals surface area contributed by atoms with Crippen LogP contribution >= 0.6 is 0 Å². The molecule has 1 heterocycles. The van der Waals surface area contributed by atoms with Gasteiger partial charge in [0.05, 0.1) is 6.33 Å². The molecule has 1 aromatic heterocycles. The smallest absolute Gasteiger partial charge is 0.326 e. The number of hydrogen-bond acceptors (Lipinski definition) is 3. The van der Waals surface area contributed by atoms with Crippen molar-refractivity contribution in [1.82, 2.24) is 14.9 Å². The van der Waals surface area contributed by atoms with Gasteiger partial charge in [-0.2, -0.15) is 0 Å². The molecule has 0 saturated carbocycles. The monoisotopic (exact) mass is 251 g/mol. The zero-order valence-corrected chi connectivity index (χ0v) is 10.7. The molecule has 0 unspecified atom stereocenters. The summed E-state index contributed by atoms with van der Waals surface area (Å²) in [6, 6.07) is -0.956. The molecule has 18 heavy (non-hydrogen) atoms. The number of rotatable bonds is 5. The Bertz CT molecular complexity index is 477. The van der Waals surface area contributed by atoms with E-state index in [-0.39, 0.29) is 12.3 Å². The lowest BCUT2D eigenvalue weighted by Gasteiger charge is -2.14. The average molecular weight is 251 g/mol. The zero-order chi connectivity index (χ0) is 13.7. The van der Waals surface area contributed by atoms with Crippen LogP contribution in [0.2, 0.25) is 0 Å². The predicted molar refractivity (Wildman–Crippen MR) is 65.9 cm³/mol. The minimum Gasteiger partial charge on any atom is -0.480 e. The molecular formula is C12H17N3O3. The number of allylic oxidation sites excluding steroid dienone is 1. The van der Waals surface area contributed by atoms with Gasteiger partial charge in [-0.15, -0.1) is 0 Å². The summed E-state index contributed by atoms with van der Waals surface area (Å²) in [4.78, 5) is 26.7. The maximum Gasteiger partial charge on any atom is 0.326 e. The third-order valence-electron chi connectivity index (χ3n) is 2.72. The molecule has 0 aliphatic heterocycles. The highest BCUT2D eigenvalue weighted by Gasteiger charge is 2.21. The summed E-state index contributed by atoms with van der Waals surface area (Å²) >= 11 is 0. The van der Waals surface area contributed by atoms with Crippen LogP contribution < -0.4 is 5.32 Å². The van der Waals surface area contributed by atoms with Crippen molar-refractivity contribution >= 4 is 11.9 Å². The Morgan fingerprint density at radius 1 is 1.61 bits per heavy atom. The van der Waals surface area contributed by atoms with E-state index in [2.05, 4.69) is 10.3 Å². The van der Waals surface area contributed by atoms with Crippen molar-refractivity contribution in [2.75, 3.05) is 0 Å². The second-order valence-electron chi connectivity index (χ2n) is 4.04. The van der Waals surface area contributed by atoms with Crippen LogP contribution in [0.4, 0.5) is 0 Å². The van der Waals surface area contributed by atoms with Crippen LogP contribution in [0, 0.1) is 0 Å². The number of aryl methyl sites for hydroxylation is 1. The SMILES string of the molecule is C/C=C(\C)C(=O)N[C@@H](Cc1cncn1C)C(=O)O. The molecule has 0 saturated heterocycles. The summed E-state index contributed by atoms with van der Waals surface area (Å²) in [5.74, 6) is -1.43. The summed E-state index contributed by atoms with van der Waals surface area (Å²) in [7, 11) is 1.78. The van der Waals surface area contributed by atoms with Crippen molar-refractivity contribution in [3.8, 4) is 0 Å². The quantitative estimate of drug-likeness (QED) is 0.746. The fourth-order valence-corrected chi connectivity index (χ4v) is 1.39. The van der Waals surface area contributed by atoms with E-state index in [0.717, 1.165) is 5.69 Å². The third-order valence-corrected chi connectivity index (χ3v) is 2.72. The van der Waals surface area contributed by atoms with Crippen LogP contribution in [0.1, 0.15) is 19.5 Å². The molecule has 0 aromatic carbocycles. The molecule has 6 heteroatoms. The molecule has 0 aliphatic carbocycles. The number of imidazole rings is 1. The average Bonchev–Trinajstić information content (AvgIpc) is 2.72. The molecule has 0 aliphatic rings. The minimum absolute atomic E-state index is 0.203. The van der Waals surface area contributed by atoms with E-state index in [1.807, 2.05) is 0 Å². The molecule has 1 aromatic rings. The Morgan fingerprint density at radius 3 is 2.72 bits per heavy atom. The molecule has 1 amide bonds. The summed E-state index contributed by atoms with van der Waals surface area (Å²) in [6.45, 7) is 3.37. The molecule has 98 valence electrons. The summed E-state index contributed by atoms with van der Waals surface area (Å²) in [5.41, 5.74) is 1.24. The normalized spacial score (nSPS) is 13.2.